The van der Waals surface area contributed by atoms with Crippen molar-refractivity contribution in [2.75, 3.05) is 19.8 Å². The van der Waals surface area contributed by atoms with Crippen LogP contribution in [0.15, 0.2) is 73.0 Å². The van der Waals surface area contributed by atoms with Crippen LogP contribution < -0.4 is 18.9 Å². The first-order chi connectivity index (χ1) is 19.6. The largest absolute Gasteiger partial charge is 0.573 e. The summed E-state index contributed by atoms with van der Waals surface area (Å²) in [6.45, 7) is 5.74. The molecule has 1 aromatic heterocycles. The van der Waals surface area contributed by atoms with E-state index >= 15 is 0 Å². The van der Waals surface area contributed by atoms with Gasteiger partial charge in [0.2, 0.25) is 0 Å². The van der Waals surface area contributed by atoms with Crippen LogP contribution >= 0.6 is 11.3 Å². The molecule has 0 radical (unpaired) electrons. The maximum Gasteiger partial charge on any atom is 0.573 e. The van der Waals surface area contributed by atoms with Crippen LogP contribution in [0.25, 0.3) is 11.3 Å². The Morgan fingerprint density at radius 3 is 2.63 bits per heavy atom. The van der Waals surface area contributed by atoms with E-state index in [-0.39, 0.29) is 13.0 Å². The summed E-state index contributed by atoms with van der Waals surface area (Å²) < 4.78 is 64.7. The monoisotopic (exact) mass is 589 g/mol. The normalized spacial score (nSPS) is 13.2. The second-order valence-electron chi connectivity index (χ2n) is 8.60. The van der Waals surface area contributed by atoms with Crippen LogP contribution in [-0.4, -0.2) is 42.2 Å². The average molecular weight is 590 g/mol. The lowest BCUT2D eigenvalue weighted by Gasteiger charge is -2.18. The molecule has 0 atom stereocenters. The van der Waals surface area contributed by atoms with Crippen molar-refractivity contribution in [3.05, 3.63) is 88.5 Å². The number of ether oxygens (including phenoxy) is 5. The predicted octanol–water partition coefficient (Wildman–Crippen LogP) is 6.64. The standard InChI is InChI=1S/C29H26F3NO7S/c1-3-5-20(40-29(30,31)32)6-4-7-25-28(19-8-10-23-24(15-19)37-13-12-36-23)33-26(41-25)16-38-21-9-11-22(18(2)14-21)39-17-27(34)35/h3-6,8-11,14-15H,1,7,12-13,16-17H2,2H3,(H,34,35)/b6-4-,20-5+. The Morgan fingerprint density at radius 2 is 1.93 bits per heavy atom. The van der Waals surface area contributed by atoms with Crippen molar-refractivity contribution >= 4 is 17.3 Å². The van der Waals surface area contributed by atoms with Crippen molar-refractivity contribution in [3.63, 3.8) is 0 Å². The number of carbonyl (C=O) groups is 1. The van der Waals surface area contributed by atoms with Gasteiger partial charge >= 0.3 is 12.3 Å². The second kappa shape index (κ2) is 13.3. The summed E-state index contributed by atoms with van der Waals surface area (Å²) in [6.07, 6.45) is 0.559. The smallest absolute Gasteiger partial charge is 0.486 e. The highest BCUT2D eigenvalue weighted by Crippen LogP contribution is 2.37. The van der Waals surface area contributed by atoms with Gasteiger partial charge in [-0.05, 0) is 61.0 Å². The molecule has 0 bridgehead atoms. The molecule has 0 unspecified atom stereocenters. The van der Waals surface area contributed by atoms with E-state index in [4.69, 9.17) is 29.0 Å². The Hall–Kier alpha value is -4.45. The highest BCUT2D eigenvalue weighted by atomic mass is 32.1. The van der Waals surface area contributed by atoms with Crippen molar-refractivity contribution in [2.24, 2.45) is 0 Å². The number of nitrogens with zero attached hydrogens (tertiary/aromatic N) is 1. The van der Waals surface area contributed by atoms with Crippen LogP contribution in [0.3, 0.4) is 0 Å². The minimum absolute atomic E-state index is 0.125. The van der Waals surface area contributed by atoms with Crippen LogP contribution in [0.1, 0.15) is 15.4 Å². The molecule has 8 nitrogen and oxygen atoms in total. The zero-order valence-corrected chi connectivity index (χ0v) is 22.7. The van der Waals surface area contributed by atoms with Crippen molar-refractivity contribution in [1.82, 2.24) is 4.98 Å². The van der Waals surface area contributed by atoms with E-state index in [0.29, 0.717) is 52.5 Å². The summed E-state index contributed by atoms with van der Waals surface area (Å²) in [6, 6.07) is 10.5. The fourth-order valence-electron chi connectivity index (χ4n) is 3.83. The van der Waals surface area contributed by atoms with E-state index in [9.17, 15) is 18.0 Å². The van der Waals surface area contributed by atoms with Gasteiger partial charge in [0.05, 0.1) is 5.69 Å². The van der Waals surface area contributed by atoms with Crippen molar-refractivity contribution in [1.29, 1.82) is 0 Å². The van der Waals surface area contributed by atoms with Gasteiger partial charge in [0, 0.05) is 16.9 Å². The van der Waals surface area contributed by atoms with Gasteiger partial charge in [0.25, 0.3) is 0 Å². The number of fused-ring (bicyclic) bond motifs is 1. The number of hydrogen-bond acceptors (Lipinski definition) is 8. The number of thiazole rings is 1. The van der Waals surface area contributed by atoms with Gasteiger partial charge in [-0.15, -0.1) is 24.5 Å². The van der Waals surface area contributed by atoms with Gasteiger partial charge in [-0.25, -0.2) is 9.78 Å². The van der Waals surface area contributed by atoms with Crippen LogP contribution in [0.2, 0.25) is 0 Å². The number of hydrogen-bond donors (Lipinski definition) is 1. The molecular weight excluding hydrogens is 563 g/mol. The number of alkyl halides is 3. The summed E-state index contributed by atoms with van der Waals surface area (Å²) >= 11 is 1.36. The molecule has 216 valence electrons. The first kappa shape index (κ1) is 29.5. The van der Waals surface area contributed by atoms with Crippen LogP contribution in [0, 0.1) is 6.92 Å². The van der Waals surface area contributed by atoms with E-state index in [1.807, 2.05) is 12.1 Å². The highest BCUT2D eigenvalue weighted by molar-refractivity contribution is 7.12. The molecule has 1 N–H and O–H groups in total. The lowest BCUT2D eigenvalue weighted by molar-refractivity contribution is -0.303. The van der Waals surface area contributed by atoms with Gasteiger partial charge in [-0.1, -0.05) is 18.7 Å². The summed E-state index contributed by atoms with van der Waals surface area (Å²) in [5.41, 5.74) is 2.09. The molecule has 2 aromatic carbocycles. The minimum atomic E-state index is -4.83. The number of halogens is 3. The molecule has 41 heavy (non-hydrogen) atoms. The van der Waals surface area contributed by atoms with Crippen LogP contribution in [-0.2, 0) is 22.6 Å². The van der Waals surface area contributed by atoms with Crippen LogP contribution in [0.5, 0.6) is 23.0 Å². The number of benzene rings is 2. The van der Waals surface area contributed by atoms with Gasteiger partial charge in [-0.2, -0.15) is 0 Å². The Labute approximate surface area is 237 Å². The predicted molar refractivity (Wildman–Crippen MR) is 145 cm³/mol. The lowest BCUT2D eigenvalue weighted by atomic mass is 10.1. The summed E-state index contributed by atoms with van der Waals surface area (Å²) in [5.74, 6) is 0.697. The molecule has 0 aliphatic carbocycles. The molecule has 0 fully saturated rings. The summed E-state index contributed by atoms with van der Waals surface area (Å²) in [5, 5.41) is 9.45. The average Bonchev–Trinajstić information content (AvgIpc) is 3.33. The Balaban J connectivity index is 1.56. The number of aromatic nitrogens is 1. The number of rotatable bonds is 12. The SMILES string of the molecule is C=C/C=C(\C=C/Cc1sc(COc2ccc(OCC(=O)O)c(C)c2)nc1-c1ccc2c(c1)OCCO2)OC(F)(F)F. The van der Waals surface area contributed by atoms with Gasteiger partial charge in [-0.3, -0.25) is 0 Å². The zero-order valence-electron chi connectivity index (χ0n) is 21.9. The number of allylic oxidation sites excluding steroid dienone is 4. The topological polar surface area (TPSA) is 96.3 Å². The Kier molecular flexibility index (Phi) is 9.56. The van der Waals surface area contributed by atoms with E-state index in [1.54, 1.807) is 37.3 Å². The molecule has 4 rings (SSSR count). The van der Waals surface area contributed by atoms with Crippen molar-refractivity contribution in [3.8, 4) is 34.3 Å². The molecule has 1 aliphatic heterocycles. The first-order valence-electron chi connectivity index (χ1n) is 12.3. The molecule has 0 saturated carbocycles. The Bertz CT molecular complexity index is 1460. The molecule has 12 heteroatoms. The van der Waals surface area contributed by atoms with E-state index in [2.05, 4.69) is 11.3 Å². The summed E-state index contributed by atoms with van der Waals surface area (Å²) in [4.78, 5) is 16.3. The first-order valence-corrected chi connectivity index (χ1v) is 13.1. The highest BCUT2D eigenvalue weighted by Gasteiger charge is 2.31. The molecule has 1 aliphatic rings. The molecule has 2 heterocycles. The maximum atomic E-state index is 12.7. The zero-order chi connectivity index (χ0) is 29.4. The minimum Gasteiger partial charge on any atom is -0.486 e. The number of carboxylic acids is 1. The number of carboxylic acid groups (broad SMARTS) is 1. The molecule has 0 spiro atoms. The van der Waals surface area contributed by atoms with E-state index in [1.165, 1.54) is 23.5 Å². The second-order valence-corrected chi connectivity index (χ2v) is 9.76. The number of aliphatic carboxylic acids is 1. The Morgan fingerprint density at radius 1 is 1.15 bits per heavy atom. The third kappa shape index (κ3) is 8.52. The van der Waals surface area contributed by atoms with Gasteiger partial charge in [0.1, 0.15) is 42.1 Å². The third-order valence-electron chi connectivity index (χ3n) is 5.52. The van der Waals surface area contributed by atoms with E-state index < -0.39 is 24.7 Å². The maximum absolute atomic E-state index is 12.7. The third-order valence-corrected chi connectivity index (χ3v) is 6.57. The van der Waals surface area contributed by atoms with Crippen LogP contribution in [0.4, 0.5) is 13.2 Å². The number of aryl methyl sites for hydroxylation is 1. The molecule has 0 amide bonds. The van der Waals surface area contributed by atoms with Crippen molar-refractivity contribution < 1.29 is 46.8 Å². The van der Waals surface area contributed by atoms with Gasteiger partial charge < -0.3 is 28.8 Å². The fraction of sp³-hybridized carbons (Fsp3) is 0.241. The summed E-state index contributed by atoms with van der Waals surface area (Å²) in [7, 11) is 0. The molecule has 0 saturated heterocycles. The van der Waals surface area contributed by atoms with Gasteiger partial charge in [0.15, 0.2) is 18.1 Å². The molecule has 3 aromatic rings. The van der Waals surface area contributed by atoms with Crippen molar-refractivity contribution in [2.45, 2.75) is 26.3 Å². The van der Waals surface area contributed by atoms with E-state index in [0.717, 1.165) is 16.5 Å². The molecular formula is C29H26F3NO7S. The lowest BCUT2D eigenvalue weighted by Crippen LogP contribution is -2.15. The quantitative estimate of drug-likeness (QED) is 0.186. The fourth-order valence-corrected chi connectivity index (χ4v) is 4.81.